The smallest absolute Gasteiger partial charge is 0.406 e. The Kier molecular flexibility index (Phi) is 6.96. The minimum atomic E-state index is -4.74. The third kappa shape index (κ3) is 5.56. The van der Waals surface area contributed by atoms with E-state index in [4.69, 9.17) is 18.0 Å². The Balaban J connectivity index is 1.45. The normalized spacial score (nSPS) is 12.1. The molecular weight excluding hydrogens is 523 g/mol. The fourth-order valence-electron chi connectivity index (χ4n) is 4.45. The number of hydrogen-bond donors (Lipinski definition) is 1. The quantitative estimate of drug-likeness (QED) is 0.137. The van der Waals surface area contributed by atoms with Crippen LogP contribution in [0, 0.1) is 0 Å². The monoisotopic (exact) mass is 547 g/mol. The van der Waals surface area contributed by atoms with Gasteiger partial charge in [-0.15, -0.1) is 13.2 Å². The number of anilines is 1. The summed E-state index contributed by atoms with van der Waals surface area (Å²) in [5.74, 6) is -0.0146. The van der Waals surface area contributed by atoms with Gasteiger partial charge in [0.1, 0.15) is 12.1 Å². The molecule has 0 amide bonds. The first-order valence-corrected chi connectivity index (χ1v) is 12.5. The molecule has 5 aromatic rings. The predicted octanol–water partition coefficient (Wildman–Crippen LogP) is 7.28. The van der Waals surface area contributed by atoms with Crippen molar-refractivity contribution in [2.45, 2.75) is 26.1 Å². The Hall–Kier alpha value is -4.44. The zero-order chi connectivity index (χ0) is 27.7. The van der Waals surface area contributed by atoms with E-state index in [1.165, 1.54) is 12.1 Å². The van der Waals surface area contributed by atoms with E-state index in [2.05, 4.69) is 28.7 Å². The van der Waals surface area contributed by atoms with Gasteiger partial charge in [0.25, 0.3) is 0 Å². The molecule has 0 radical (unpaired) electrons. The van der Waals surface area contributed by atoms with Gasteiger partial charge in [-0.1, -0.05) is 50.2 Å². The number of imidazole rings is 1. The highest BCUT2D eigenvalue weighted by atomic mass is 32.1. The molecular formula is C29H24F3N5OS. The van der Waals surface area contributed by atoms with Gasteiger partial charge in [-0.3, -0.25) is 4.57 Å². The lowest BCUT2D eigenvalue weighted by atomic mass is 10.0. The second kappa shape index (κ2) is 10.4. The third-order valence-corrected chi connectivity index (χ3v) is 6.40. The number of benzene rings is 4. The van der Waals surface area contributed by atoms with Crippen LogP contribution in [0.3, 0.4) is 0 Å². The average molecular weight is 548 g/mol. The van der Waals surface area contributed by atoms with E-state index >= 15 is 0 Å². The van der Waals surface area contributed by atoms with E-state index in [-0.39, 0.29) is 16.8 Å². The lowest BCUT2D eigenvalue weighted by Crippen LogP contribution is -2.31. The van der Waals surface area contributed by atoms with Crippen molar-refractivity contribution in [2.24, 2.45) is 10.8 Å². The van der Waals surface area contributed by atoms with Crippen LogP contribution < -0.4 is 15.5 Å². The second-order valence-electron chi connectivity index (χ2n) is 9.18. The number of hydrogen-bond acceptors (Lipinski definition) is 4. The number of fused-ring (bicyclic) bond motifs is 3. The zero-order valence-corrected chi connectivity index (χ0v) is 21.9. The molecule has 0 saturated carbocycles. The maximum absolute atomic E-state index is 12.5. The summed E-state index contributed by atoms with van der Waals surface area (Å²) < 4.78 is 43.2. The van der Waals surface area contributed by atoms with E-state index in [9.17, 15) is 13.2 Å². The lowest BCUT2D eigenvalue weighted by molar-refractivity contribution is -0.274. The number of rotatable bonds is 6. The first-order valence-electron chi connectivity index (χ1n) is 12.1. The Morgan fingerprint density at radius 1 is 1.05 bits per heavy atom. The van der Waals surface area contributed by atoms with E-state index in [1.54, 1.807) is 29.7 Å². The van der Waals surface area contributed by atoms with Crippen LogP contribution in [0.5, 0.6) is 5.75 Å². The fourth-order valence-corrected chi connectivity index (χ4v) is 4.60. The first-order chi connectivity index (χ1) is 18.6. The van der Waals surface area contributed by atoms with E-state index in [0.717, 1.165) is 38.6 Å². The van der Waals surface area contributed by atoms with Crippen molar-refractivity contribution in [1.29, 1.82) is 0 Å². The van der Waals surface area contributed by atoms with Crippen LogP contribution in [0.15, 0.2) is 90.3 Å². The molecule has 39 heavy (non-hydrogen) atoms. The summed E-state index contributed by atoms with van der Waals surface area (Å²) in [6.45, 7) is 4.20. The molecule has 0 saturated heterocycles. The van der Waals surface area contributed by atoms with Crippen molar-refractivity contribution in [1.82, 2.24) is 9.55 Å². The Morgan fingerprint density at radius 3 is 2.49 bits per heavy atom. The molecule has 0 spiro atoms. The van der Waals surface area contributed by atoms with Crippen molar-refractivity contribution < 1.29 is 17.9 Å². The number of aromatic nitrogens is 2. The van der Waals surface area contributed by atoms with Crippen LogP contribution in [-0.2, 0) is 0 Å². The Labute approximate surface area is 228 Å². The van der Waals surface area contributed by atoms with Gasteiger partial charge in [-0.05, 0) is 77.1 Å². The van der Waals surface area contributed by atoms with Crippen molar-refractivity contribution in [2.75, 3.05) is 5.01 Å². The number of para-hydroxylation sites is 1. The second-order valence-corrected chi connectivity index (χ2v) is 9.60. The molecule has 0 unspecified atom stereocenters. The van der Waals surface area contributed by atoms with Gasteiger partial charge in [-0.2, -0.15) is 5.10 Å². The van der Waals surface area contributed by atoms with Crippen molar-refractivity contribution >= 4 is 51.0 Å². The average Bonchev–Trinajstić information content (AvgIpc) is 3.33. The van der Waals surface area contributed by atoms with Crippen molar-refractivity contribution in [3.8, 4) is 11.4 Å². The van der Waals surface area contributed by atoms with Crippen LogP contribution in [-0.4, -0.2) is 27.2 Å². The summed E-state index contributed by atoms with van der Waals surface area (Å²) in [5.41, 5.74) is 11.0. The number of hydrazone groups is 1. The molecule has 4 aromatic carbocycles. The highest BCUT2D eigenvalue weighted by molar-refractivity contribution is 7.80. The maximum Gasteiger partial charge on any atom is 0.573 e. The van der Waals surface area contributed by atoms with Gasteiger partial charge in [0.05, 0.1) is 22.9 Å². The molecule has 10 heteroatoms. The SMILES string of the molecule is CC(C)c1ccccc1N(/N=C/c1ccc2c(ccc3c2ncn3-c2ccc(OC(F)(F)F)cc2)c1)C(N)=S. The van der Waals surface area contributed by atoms with Crippen molar-refractivity contribution in [3.63, 3.8) is 0 Å². The molecule has 0 atom stereocenters. The summed E-state index contributed by atoms with van der Waals surface area (Å²) in [5, 5.41) is 8.18. The molecule has 1 aromatic heterocycles. The number of thiocarbonyl (C=S) groups is 1. The molecule has 0 aliphatic heterocycles. The topological polar surface area (TPSA) is 68.7 Å². The van der Waals surface area contributed by atoms with E-state index in [0.29, 0.717) is 5.69 Å². The Morgan fingerprint density at radius 2 is 1.79 bits per heavy atom. The van der Waals surface area contributed by atoms with E-state index in [1.807, 2.05) is 59.2 Å². The minimum Gasteiger partial charge on any atom is -0.406 e. The fraction of sp³-hybridized carbons (Fsp3) is 0.138. The summed E-state index contributed by atoms with van der Waals surface area (Å²) in [7, 11) is 0. The highest BCUT2D eigenvalue weighted by Crippen LogP contribution is 2.30. The largest absolute Gasteiger partial charge is 0.573 e. The van der Waals surface area contributed by atoms with Gasteiger partial charge in [0.15, 0.2) is 5.11 Å². The summed E-state index contributed by atoms with van der Waals surface area (Å²) in [4.78, 5) is 4.57. The molecule has 0 aliphatic carbocycles. The summed E-state index contributed by atoms with van der Waals surface area (Å²) >= 11 is 5.29. The van der Waals surface area contributed by atoms with Gasteiger partial charge in [-0.25, -0.2) is 9.99 Å². The molecule has 6 nitrogen and oxygen atoms in total. The molecule has 0 fully saturated rings. The minimum absolute atomic E-state index is 0.144. The zero-order valence-electron chi connectivity index (χ0n) is 21.1. The van der Waals surface area contributed by atoms with Crippen LogP contribution >= 0.6 is 12.2 Å². The van der Waals surface area contributed by atoms with Crippen LogP contribution in [0.1, 0.15) is 30.9 Å². The van der Waals surface area contributed by atoms with Gasteiger partial charge >= 0.3 is 6.36 Å². The maximum atomic E-state index is 12.5. The van der Waals surface area contributed by atoms with Crippen molar-refractivity contribution in [3.05, 3.63) is 96.3 Å². The number of nitrogens with zero attached hydrogens (tertiary/aromatic N) is 4. The number of ether oxygens (including phenoxy) is 1. The highest BCUT2D eigenvalue weighted by Gasteiger charge is 2.31. The number of halogens is 3. The lowest BCUT2D eigenvalue weighted by Gasteiger charge is -2.21. The summed E-state index contributed by atoms with van der Waals surface area (Å²) in [6, 6.07) is 23.3. The number of alkyl halides is 3. The Bertz CT molecular complexity index is 1690. The van der Waals surface area contributed by atoms with Crippen LogP contribution in [0.25, 0.3) is 27.5 Å². The molecule has 0 bridgehead atoms. The van der Waals surface area contributed by atoms with Crippen LogP contribution in [0.2, 0.25) is 0 Å². The predicted molar refractivity (Wildman–Crippen MR) is 153 cm³/mol. The standard InChI is InChI=1S/C29H24F3N5OS/c1-18(2)23-5-3-4-6-25(23)37(28(33)39)35-16-19-7-13-24-20(15-19)8-14-26-27(24)34-17-36(26)21-9-11-22(12-10-21)38-29(30,31)32/h3-18H,1-2H3,(H2,33,39)/b35-16+. The van der Waals surface area contributed by atoms with Crippen LogP contribution in [0.4, 0.5) is 18.9 Å². The van der Waals surface area contributed by atoms with Gasteiger partial charge in [0, 0.05) is 11.1 Å². The molecule has 5 rings (SSSR count). The molecule has 198 valence electrons. The molecule has 2 N–H and O–H groups in total. The van der Waals surface area contributed by atoms with E-state index < -0.39 is 6.36 Å². The number of nitrogens with two attached hydrogens (primary N) is 1. The summed E-state index contributed by atoms with van der Waals surface area (Å²) in [6.07, 6.45) is -1.38. The first kappa shape index (κ1) is 26.2. The van der Waals surface area contributed by atoms with Gasteiger partial charge < -0.3 is 10.5 Å². The van der Waals surface area contributed by atoms with Gasteiger partial charge in [0.2, 0.25) is 0 Å². The third-order valence-electron chi connectivity index (χ3n) is 6.22. The molecule has 1 heterocycles. The molecule has 0 aliphatic rings.